The molecule has 0 spiro atoms. The summed E-state index contributed by atoms with van der Waals surface area (Å²) < 4.78 is 0. The highest BCUT2D eigenvalue weighted by atomic mass is 35.5. The van der Waals surface area contributed by atoms with Crippen molar-refractivity contribution < 1.29 is 4.79 Å². The van der Waals surface area contributed by atoms with Crippen LogP contribution in [0.3, 0.4) is 0 Å². The maximum Gasteiger partial charge on any atom is 0.238 e. The fraction of sp³-hybridized carbons (Fsp3) is 0.562. The molecule has 5 heteroatoms. The smallest absolute Gasteiger partial charge is 0.238 e. The number of halogens is 1. The van der Waals surface area contributed by atoms with Gasteiger partial charge in [-0.15, -0.1) is 12.4 Å². The van der Waals surface area contributed by atoms with E-state index in [1.807, 2.05) is 37.1 Å². The van der Waals surface area contributed by atoms with Gasteiger partial charge in [-0.3, -0.25) is 9.69 Å². The van der Waals surface area contributed by atoms with Gasteiger partial charge in [0.15, 0.2) is 0 Å². The molecule has 0 saturated carbocycles. The van der Waals surface area contributed by atoms with Gasteiger partial charge in [-0.05, 0) is 56.1 Å². The van der Waals surface area contributed by atoms with Crippen LogP contribution >= 0.6 is 12.4 Å². The second-order valence-electron chi connectivity index (χ2n) is 6.39. The number of rotatable bonds is 6. The Morgan fingerprint density at radius 2 is 1.90 bits per heavy atom. The first-order valence-electron chi connectivity index (χ1n) is 6.99. The third-order valence-electron chi connectivity index (χ3n) is 3.45. The van der Waals surface area contributed by atoms with Gasteiger partial charge < -0.3 is 11.1 Å². The Kier molecular flexibility index (Phi) is 7.93. The summed E-state index contributed by atoms with van der Waals surface area (Å²) in [7, 11) is 1.94. The number of carbonyl (C=O) groups is 1. The molecule has 0 aromatic heterocycles. The monoisotopic (exact) mass is 313 g/mol. The molecule has 0 aliphatic carbocycles. The molecule has 0 saturated heterocycles. The predicted molar refractivity (Wildman–Crippen MR) is 92.1 cm³/mol. The van der Waals surface area contributed by atoms with Crippen molar-refractivity contribution in [3.63, 3.8) is 0 Å². The van der Waals surface area contributed by atoms with Crippen LogP contribution < -0.4 is 11.1 Å². The van der Waals surface area contributed by atoms with Crippen molar-refractivity contribution in [1.82, 2.24) is 4.90 Å². The highest BCUT2D eigenvalue weighted by molar-refractivity contribution is 5.92. The zero-order chi connectivity index (χ0) is 15.3. The Morgan fingerprint density at radius 3 is 2.43 bits per heavy atom. The Bertz CT molecular complexity index is 475. The summed E-state index contributed by atoms with van der Waals surface area (Å²) in [4.78, 5) is 14.0. The molecule has 21 heavy (non-hydrogen) atoms. The standard InChI is InChI=1S/C16H27N3O.ClH/c1-12-6-7-14(8-13(12)2)18-15(20)9-19(5)11-16(3,4)10-17;/h6-8H,9-11,17H2,1-5H3,(H,18,20);1H. The molecule has 0 aliphatic rings. The lowest BCUT2D eigenvalue weighted by Gasteiger charge is -2.28. The number of hydrogen-bond donors (Lipinski definition) is 2. The maximum absolute atomic E-state index is 12.0. The van der Waals surface area contributed by atoms with E-state index in [2.05, 4.69) is 26.1 Å². The van der Waals surface area contributed by atoms with Gasteiger partial charge in [-0.1, -0.05) is 19.9 Å². The van der Waals surface area contributed by atoms with Crippen LogP contribution in [0.15, 0.2) is 18.2 Å². The van der Waals surface area contributed by atoms with Gasteiger partial charge >= 0.3 is 0 Å². The van der Waals surface area contributed by atoms with Crippen LogP contribution in [0, 0.1) is 19.3 Å². The quantitative estimate of drug-likeness (QED) is 0.848. The zero-order valence-electron chi connectivity index (χ0n) is 13.7. The summed E-state index contributed by atoms with van der Waals surface area (Å²) in [5.41, 5.74) is 8.99. The minimum Gasteiger partial charge on any atom is -0.330 e. The van der Waals surface area contributed by atoms with Gasteiger partial charge in [0, 0.05) is 12.2 Å². The Hall–Kier alpha value is -1.10. The molecular formula is C16H28ClN3O. The van der Waals surface area contributed by atoms with Crippen molar-refractivity contribution in [2.45, 2.75) is 27.7 Å². The number of anilines is 1. The molecule has 0 heterocycles. The summed E-state index contributed by atoms with van der Waals surface area (Å²) in [6.45, 7) is 10.1. The highest BCUT2D eigenvalue weighted by Crippen LogP contribution is 2.15. The normalized spacial score (nSPS) is 11.2. The van der Waals surface area contributed by atoms with Gasteiger partial charge in [0.2, 0.25) is 5.91 Å². The number of aryl methyl sites for hydroxylation is 2. The van der Waals surface area contributed by atoms with E-state index in [1.54, 1.807) is 0 Å². The Balaban J connectivity index is 0.00000400. The fourth-order valence-electron chi connectivity index (χ4n) is 2.12. The fourth-order valence-corrected chi connectivity index (χ4v) is 2.12. The molecule has 1 amide bonds. The lowest BCUT2D eigenvalue weighted by molar-refractivity contribution is -0.117. The molecule has 0 radical (unpaired) electrons. The van der Waals surface area contributed by atoms with E-state index in [-0.39, 0.29) is 23.7 Å². The molecule has 1 aromatic carbocycles. The van der Waals surface area contributed by atoms with Gasteiger partial charge in [0.05, 0.1) is 6.54 Å². The molecule has 4 nitrogen and oxygen atoms in total. The van der Waals surface area contributed by atoms with E-state index < -0.39 is 0 Å². The van der Waals surface area contributed by atoms with Crippen LogP contribution in [-0.4, -0.2) is 37.5 Å². The Labute approximate surface area is 134 Å². The Morgan fingerprint density at radius 1 is 1.29 bits per heavy atom. The van der Waals surface area contributed by atoms with Crippen LogP contribution in [0.1, 0.15) is 25.0 Å². The SMILES string of the molecule is Cc1ccc(NC(=O)CN(C)CC(C)(C)CN)cc1C.Cl. The molecule has 0 fully saturated rings. The van der Waals surface area contributed by atoms with E-state index >= 15 is 0 Å². The second-order valence-corrected chi connectivity index (χ2v) is 6.39. The third kappa shape index (κ3) is 6.93. The summed E-state index contributed by atoms with van der Waals surface area (Å²) >= 11 is 0. The lowest BCUT2D eigenvalue weighted by atomic mass is 9.93. The van der Waals surface area contributed by atoms with E-state index in [0.717, 1.165) is 12.2 Å². The van der Waals surface area contributed by atoms with E-state index in [4.69, 9.17) is 5.73 Å². The summed E-state index contributed by atoms with van der Waals surface area (Å²) in [6, 6.07) is 5.95. The van der Waals surface area contributed by atoms with E-state index in [1.165, 1.54) is 11.1 Å². The van der Waals surface area contributed by atoms with Gasteiger partial charge in [-0.2, -0.15) is 0 Å². The van der Waals surface area contributed by atoms with Crippen molar-refractivity contribution in [2.75, 3.05) is 32.0 Å². The predicted octanol–water partition coefficient (Wildman–Crippen LogP) is 2.58. The third-order valence-corrected chi connectivity index (χ3v) is 3.45. The van der Waals surface area contributed by atoms with Crippen LogP contribution in [0.25, 0.3) is 0 Å². The minimum atomic E-state index is 0. The topological polar surface area (TPSA) is 58.4 Å². The highest BCUT2D eigenvalue weighted by Gasteiger charge is 2.19. The molecule has 0 aliphatic heterocycles. The molecule has 0 bridgehead atoms. The lowest BCUT2D eigenvalue weighted by Crippen LogP contribution is -2.40. The first kappa shape index (κ1) is 19.9. The largest absolute Gasteiger partial charge is 0.330 e. The first-order valence-corrected chi connectivity index (χ1v) is 6.99. The number of amides is 1. The molecule has 1 aromatic rings. The summed E-state index contributed by atoms with van der Waals surface area (Å²) in [6.07, 6.45) is 0. The van der Waals surface area contributed by atoms with Gasteiger partial charge in [-0.25, -0.2) is 0 Å². The molecule has 1 rings (SSSR count). The number of nitrogens with zero attached hydrogens (tertiary/aromatic N) is 1. The minimum absolute atomic E-state index is 0. The second kappa shape index (κ2) is 8.37. The van der Waals surface area contributed by atoms with Crippen molar-refractivity contribution in [2.24, 2.45) is 11.1 Å². The summed E-state index contributed by atoms with van der Waals surface area (Å²) in [5.74, 6) is 0.00331. The average molecular weight is 314 g/mol. The van der Waals surface area contributed by atoms with E-state index in [9.17, 15) is 4.79 Å². The van der Waals surface area contributed by atoms with Crippen LogP contribution in [0.4, 0.5) is 5.69 Å². The first-order chi connectivity index (χ1) is 9.23. The number of nitrogens with one attached hydrogen (secondary N) is 1. The number of hydrogen-bond acceptors (Lipinski definition) is 3. The van der Waals surface area contributed by atoms with E-state index in [0.29, 0.717) is 13.1 Å². The van der Waals surface area contributed by atoms with Crippen LogP contribution in [0.2, 0.25) is 0 Å². The molecule has 0 atom stereocenters. The number of likely N-dealkylation sites (N-methyl/N-ethyl adjacent to an activating group) is 1. The number of nitrogens with two attached hydrogens (primary N) is 1. The van der Waals surface area contributed by atoms with Crippen molar-refractivity contribution >= 4 is 24.0 Å². The van der Waals surface area contributed by atoms with Crippen LogP contribution in [0.5, 0.6) is 0 Å². The van der Waals surface area contributed by atoms with Crippen molar-refractivity contribution in [3.8, 4) is 0 Å². The molecular weight excluding hydrogens is 286 g/mol. The van der Waals surface area contributed by atoms with Crippen LogP contribution in [-0.2, 0) is 4.79 Å². The summed E-state index contributed by atoms with van der Waals surface area (Å²) in [5, 5.41) is 2.93. The molecule has 0 unspecified atom stereocenters. The van der Waals surface area contributed by atoms with Gasteiger partial charge in [0.25, 0.3) is 0 Å². The molecule has 120 valence electrons. The zero-order valence-corrected chi connectivity index (χ0v) is 14.5. The maximum atomic E-state index is 12.0. The number of benzene rings is 1. The molecule has 3 N–H and O–H groups in total. The van der Waals surface area contributed by atoms with Crippen molar-refractivity contribution in [3.05, 3.63) is 29.3 Å². The number of carbonyl (C=O) groups excluding carboxylic acids is 1. The van der Waals surface area contributed by atoms with Gasteiger partial charge in [0.1, 0.15) is 0 Å². The van der Waals surface area contributed by atoms with Crippen molar-refractivity contribution in [1.29, 1.82) is 0 Å². The average Bonchev–Trinajstić information content (AvgIpc) is 2.33.